The van der Waals surface area contributed by atoms with Crippen LogP contribution < -0.4 is 21.9 Å². The van der Waals surface area contributed by atoms with Gasteiger partial charge in [0.25, 0.3) is 0 Å². The molecule has 1 amide bonds. The molecule has 0 saturated heterocycles. The molecule has 12 nitrogen and oxygen atoms in total. The fourth-order valence-electron chi connectivity index (χ4n) is 2.36. The third-order valence-corrected chi connectivity index (χ3v) is 4.46. The highest BCUT2D eigenvalue weighted by molar-refractivity contribution is 7.80. The van der Waals surface area contributed by atoms with Crippen molar-refractivity contribution in [3.8, 4) is 17.8 Å². The Labute approximate surface area is 227 Å². The third-order valence-electron chi connectivity index (χ3n) is 3.97. The van der Waals surface area contributed by atoms with Crippen LogP contribution in [0, 0.1) is 50.7 Å². The Morgan fingerprint density at radius 3 is 1.95 bits per heavy atom. The zero-order valence-electron chi connectivity index (χ0n) is 20.1. The number of rotatable bonds is 2. The molecule has 0 unspecified atom stereocenters. The number of halogens is 4. The summed E-state index contributed by atoms with van der Waals surface area (Å²) in [6.07, 6.45) is -0.810. The van der Waals surface area contributed by atoms with Crippen LogP contribution >= 0.6 is 24.4 Å². The Balaban J connectivity index is 0.000000356. The maximum absolute atomic E-state index is 13.6. The van der Waals surface area contributed by atoms with Crippen molar-refractivity contribution in [1.29, 1.82) is 10.5 Å². The number of hydrogen-bond acceptors (Lipinski definition) is 8. The van der Waals surface area contributed by atoms with Gasteiger partial charge in [0, 0.05) is 26.4 Å². The number of hydrogen-bond donors (Lipinski definition) is 5. The number of aromatic amines is 2. The fraction of sp³-hybridized carbons (Fsp3) is 0.143. The second-order valence-corrected chi connectivity index (χ2v) is 7.41. The number of ether oxygens (including phenoxy) is 2. The first-order valence-electron chi connectivity index (χ1n) is 9.93. The molecular formula is C21H18F4N8O4S2. The summed E-state index contributed by atoms with van der Waals surface area (Å²) in [4.78, 5) is 22.0. The lowest BCUT2D eigenvalue weighted by Crippen LogP contribution is -2.43. The lowest BCUT2D eigenvalue weighted by molar-refractivity contribution is 0.169. The topological polar surface area (TPSA) is 173 Å². The van der Waals surface area contributed by atoms with Crippen LogP contribution in [0.5, 0.6) is 0 Å². The van der Waals surface area contributed by atoms with Crippen molar-refractivity contribution in [2.75, 3.05) is 26.6 Å². The molecule has 0 bridgehead atoms. The van der Waals surface area contributed by atoms with E-state index in [-0.39, 0.29) is 21.3 Å². The molecule has 3 aromatic rings. The van der Waals surface area contributed by atoms with Crippen LogP contribution in [0.2, 0.25) is 0 Å². The van der Waals surface area contributed by atoms with Crippen LogP contribution in [0.4, 0.5) is 28.0 Å². The van der Waals surface area contributed by atoms with Crippen molar-refractivity contribution in [1.82, 2.24) is 25.6 Å². The highest BCUT2D eigenvalue weighted by Crippen LogP contribution is 2.19. The maximum atomic E-state index is 13.6. The van der Waals surface area contributed by atoms with Crippen LogP contribution in [-0.4, -0.2) is 47.3 Å². The summed E-state index contributed by atoms with van der Waals surface area (Å²) in [6.45, 7) is 0. The molecule has 0 aliphatic carbocycles. The van der Waals surface area contributed by atoms with Gasteiger partial charge in [0.15, 0.2) is 5.11 Å². The van der Waals surface area contributed by atoms with E-state index in [1.54, 1.807) is 14.2 Å². The monoisotopic (exact) mass is 586 g/mol. The van der Waals surface area contributed by atoms with Gasteiger partial charge in [-0.25, -0.2) is 42.2 Å². The van der Waals surface area contributed by atoms with E-state index in [1.807, 2.05) is 5.43 Å². The van der Waals surface area contributed by atoms with Crippen molar-refractivity contribution in [3.63, 3.8) is 0 Å². The molecule has 0 spiro atoms. The molecule has 0 fully saturated rings. The summed E-state index contributed by atoms with van der Waals surface area (Å²) < 4.78 is 62.8. The second-order valence-electron chi connectivity index (χ2n) is 6.62. The minimum Gasteiger partial charge on any atom is -0.452 e. The summed E-state index contributed by atoms with van der Waals surface area (Å²) in [5.41, 5.74) is 2.01. The van der Waals surface area contributed by atoms with E-state index < -0.39 is 46.2 Å². The molecular weight excluding hydrogens is 568 g/mol. The van der Waals surface area contributed by atoms with E-state index in [9.17, 15) is 27.2 Å². The van der Waals surface area contributed by atoms with Crippen LogP contribution in [0.25, 0.3) is 5.69 Å². The minimum absolute atomic E-state index is 0.0991. The van der Waals surface area contributed by atoms with E-state index in [0.717, 1.165) is 29.9 Å². The number of amides is 1. The van der Waals surface area contributed by atoms with Gasteiger partial charge in [0.05, 0.1) is 29.6 Å². The molecule has 0 saturated carbocycles. The van der Waals surface area contributed by atoms with Gasteiger partial charge in [-0.15, -0.1) is 0 Å². The fourth-order valence-corrected chi connectivity index (χ4v) is 2.76. The Kier molecular flexibility index (Phi) is 12.8. The van der Waals surface area contributed by atoms with Gasteiger partial charge in [0.2, 0.25) is 4.77 Å². The predicted octanol–water partition coefficient (Wildman–Crippen LogP) is 3.03. The van der Waals surface area contributed by atoms with E-state index in [1.165, 1.54) is 12.1 Å². The molecule has 18 heteroatoms. The van der Waals surface area contributed by atoms with Gasteiger partial charge in [-0.3, -0.25) is 10.5 Å². The zero-order valence-corrected chi connectivity index (χ0v) is 21.7. The normalized spacial score (nSPS) is 9.36. The Morgan fingerprint density at radius 2 is 1.46 bits per heavy atom. The predicted molar refractivity (Wildman–Crippen MR) is 135 cm³/mol. The van der Waals surface area contributed by atoms with E-state index in [2.05, 4.69) is 30.4 Å². The molecule has 2 aromatic carbocycles. The Morgan fingerprint density at radius 1 is 0.923 bits per heavy atom. The smallest absolute Gasteiger partial charge is 0.425 e. The number of carbonyl (C=O) groups excluding carboxylic acids is 1. The van der Waals surface area contributed by atoms with Crippen LogP contribution in [0.3, 0.4) is 0 Å². The number of nitriles is 2. The van der Waals surface area contributed by atoms with Gasteiger partial charge in [-0.05, 0) is 36.6 Å². The number of nitrogens with zero attached hydrogens (tertiary/aromatic N) is 3. The zero-order chi connectivity index (χ0) is 29.7. The number of H-pyrrole nitrogens is 2. The van der Waals surface area contributed by atoms with Gasteiger partial charge in [-0.2, -0.15) is 10.5 Å². The number of anilines is 1. The van der Waals surface area contributed by atoms with E-state index in [0.29, 0.717) is 6.07 Å². The molecule has 0 aliphatic heterocycles. The van der Waals surface area contributed by atoms with Crippen LogP contribution in [-0.2, 0) is 9.47 Å². The van der Waals surface area contributed by atoms with Crippen molar-refractivity contribution >= 4 is 41.3 Å². The SMILES string of the molecule is COC.COC(=O)NNC(=S)Nc1cc(F)c(C#N)cc1F.N#Cc1cc(F)c(-n2c(=O)[nH][nH]c2=S)cc1F. The number of methoxy groups -OCH3 is 2. The summed E-state index contributed by atoms with van der Waals surface area (Å²) in [5.74, 6) is -3.59. The first-order valence-corrected chi connectivity index (χ1v) is 10.7. The quantitative estimate of drug-likeness (QED) is 0.171. The molecule has 0 radical (unpaired) electrons. The summed E-state index contributed by atoms with van der Waals surface area (Å²) in [5, 5.41) is 23.6. The lowest BCUT2D eigenvalue weighted by atomic mass is 10.2. The molecule has 3 rings (SSSR count). The van der Waals surface area contributed by atoms with Gasteiger partial charge in [0.1, 0.15) is 35.4 Å². The number of hydrazine groups is 1. The summed E-state index contributed by atoms with van der Waals surface area (Å²) in [7, 11) is 4.39. The largest absolute Gasteiger partial charge is 0.452 e. The van der Waals surface area contributed by atoms with Crippen molar-refractivity contribution < 1.29 is 31.8 Å². The Hall–Kier alpha value is -4.78. The number of benzene rings is 2. The first-order chi connectivity index (χ1) is 18.4. The average molecular weight is 587 g/mol. The molecule has 0 aliphatic rings. The summed E-state index contributed by atoms with van der Waals surface area (Å²) in [6, 6.07) is 5.95. The number of thiocarbonyl (C=S) groups is 1. The standard InChI is InChI=1S/C10H8F2N4O2S.C9H4F2N4OS.C2H6O/c1-18-10(17)16-15-9(19)14-8-3-6(11)5(4-13)2-7(8)12;10-5-2-7(6(11)1-4(5)3-12)15-8(16)13-14-9(15)17;1-3-2/h2-3H,1H3,(H,16,17)(H2,14,15,19);1-2H,(H,13,16)(H,14,17);1-2H3. The highest BCUT2D eigenvalue weighted by Gasteiger charge is 2.14. The van der Waals surface area contributed by atoms with Crippen molar-refractivity contribution in [3.05, 3.63) is 73.9 Å². The molecule has 39 heavy (non-hydrogen) atoms. The first kappa shape index (κ1) is 32.2. The number of aromatic nitrogens is 3. The number of carbonyl (C=O) groups is 1. The van der Waals surface area contributed by atoms with Crippen LogP contribution in [0.15, 0.2) is 29.1 Å². The van der Waals surface area contributed by atoms with Crippen molar-refractivity contribution in [2.45, 2.75) is 0 Å². The summed E-state index contributed by atoms with van der Waals surface area (Å²) >= 11 is 9.46. The lowest BCUT2D eigenvalue weighted by Gasteiger charge is -2.11. The number of nitrogens with one attached hydrogen (secondary N) is 5. The average Bonchev–Trinajstić information content (AvgIpc) is 3.23. The van der Waals surface area contributed by atoms with E-state index >= 15 is 0 Å². The van der Waals surface area contributed by atoms with Gasteiger partial charge >= 0.3 is 11.8 Å². The third kappa shape index (κ3) is 9.23. The van der Waals surface area contributed by atoms with Gasteiger partial charge < -0.3 is 14.8 Å². The molecule has 5 N–H and O–H groups in total. The second kappa shape index (κ2) is 15.5. The van der Waals surface area contributed by atoms with Crippen LogP contribution in [0.1, 0.15) is 11.1 Å². The van der Waals surface area contributed by atoms with E-state index in [4.69, 9.17) is 35.0 Å². The minimum atomic E-state index is -0.925. The Bertz CT molecular complexity index is 1520. The molecule has 206 valence electrons. The highest BCUT2D eigenvalue weighted by atomic mass is 32.1. The maximum Gasteiger partial charge on any atom is 0.425 e. The molecule has 1 heterocycles. The van der Waals surface area contributed by atoms with Crippen molar-refractivity contribution in [2.24, 2.45) is 0 Å². The molecule has 1 aromatic heterocycles. The molecule has 0 atom stereocenters. The van der Waals surface area contributed by atoms with Gasteiger partial charge in [-0.1, -0.05) is 0 Å².